The number of hydrogen-bond acceptors (Lipinski definition) is 3. The van der Waals surface area contributed by atoms with E-state index in [4.69, 9.17) is 5.73 Å². The van der Waals surface area contributed by atoms with Gasteiger partial charge in [0.2, 0.25) is 0 Å². The highest BCUT2D eigenvalue weighted by Crippen LogP contribution is 2.30. The SMILES string of the molecule is CN1CCCC2CN(CC(N)c3cccc(F)c3)CCC21. The fourth-order valence-electron chi connectivity index (χ4n) is 4.01. The van der Waals surface area contributed by atoms with Gasteiger partial charge < -0.3 is 15.5 Å². The molecule has 0 radical (unpaired) electrons. The van der Waals surface area contributed by atoms with Crippen LogP contribution in [0.15, 0.2) is 24.3 Å². The number of halogens is 1. The second-order valence-corrected chi connectivity index (χ2v) is 6.66. The molecule has 3 atom stereocenters. The minimum Gasteiger partial charge on any atom is -0.323 e. The van der Waals surface area contributed by atoms with Gasteiger partial charge in [-0.2, -0.15) is 0 Å². The van der Waals surface area contributed by atoms with Crippen LogP contribution in [0, 0.1) is 11.7 Å². The molecule has 3 unspecified atom stereocenters. The number of likely N-dealkylation sites (tertiary alicyclic amines) is 2. The highest BCUT2D eigenvalue weighted by atomic mass is 19.1. The lowest BCUT2D eigenvalue weighted by atomic mass is 9.84. The lowest BCUT2D eigenvalue weighted by molar-refractivity contribution is 0.0364. The lowest BCUT2D eigenvalue weighted by Gasteiger charge is -2.46. The van der Waals surface area contributed by atoms with Crippen molar-refractivity contribution in [2.24, 2.45) is 11.7 Å². The molecule has 4 heteroatoms. The summed E-state index contributed by atoms with van der Waals surface area (Å²) in [7, 11) is 2.25. The van der Waals surface area contributed by atoms with E-state index in [9.17, 15) is 4.39 Å². The summed E-state index contributed by atoms with van der Waals surface area (Å²) in [5.74, 6) is 0.577. The third kappa shape index (κ3) is 3.44. The summed E-state index contributed by atoms with van der Waals surface area (Å²) in [6.45, 7) is 4.31. The Morgan fingerprint density at radius 3 is 3.00 bits per heavy atom. The molecule has 0 bridgehead atoms. The highest BCUT2D eigenvalue weighted by Gasteiger charge is 2.34. The van der Waals surface area contributed by atoms with Gasteiger partial charge in [0.1, 0.15) is 5.82 Å². The number of benzene rings is 1. The normalized spacial score (nSPS) is 29.1. The standard InChI is InChI=1S/C17H26FN3/c1-20-8-3-5-14-11-21(9-7-17(14)20)12-16(19)13-4-2-6-15(18)10-13/h2,4,6,10,14,16-17H,3,5,7-9,11-12,19H2,1H3. The summed E-state index contributed by atoms with van der Waals surface area (Å²) in [6, 6.07) is 7.35. The van der Waals surface area contributed by atoms with Crippen molar-refractivity contribution in [3.63, 3.8) is 0 Å². The second kappa shape index (κ2) is 6.42. The summed E-state index contributed by atoms with van der Waals surface area (Å²) in [6.07, 6.45) is 3.87. The van der Waals surface area contributed by atoms with Gasteiger partial charge >= 0.3 is 0 Å². The van der Waals surface area contributed by atoms with Crippen molar-refractivity contribution in [3.8, 4) is 0 Å². The van der Waals surface area contributed by atoms with E-state index in [0.29, 0.717) is 0 Å². The molecule has 1 aromatic carbocycles. The van der Waals surface area contributed by atoms with Crippen LogP contribution in [-0.4, -0.2) is 49.1 Å². The molecular weight excluding hydrogens is 265 g/mol. The first-order chi connectivity index (χ1) is 10.1. The fraction of sp³-hybridized carbons (Fsp3) is 0.647. The number of nitrogens with two attached hydrogens (primary N) is 1. The fourth-order valence-corrected chi connectivity index (χ4v) is 4.01. The molecule has 2 saturated heterocycles. The van der Waals surface area contributed by atoms with Crippen molar-refractivity contribution in [1.82, 2.24) is 9.80 Å². The highest BCUT2D eigenvalue weighted by molar-refractivity contribution is 5.20. The number of fused-ring (bicyclic) bond motifs is 1. The molecule has 2 heterocycles. The van der Waals surface area contributed by atoms with Gasteiger partial charge in [-0.3, -0.25) is 0 Å². The molecule has 2 aliphatic heterocycles. The summed E-state index contributed by atoms with van der Waals surface area (Å²) in [4.78, 5) is 4.99. The molecule has 2 aliphatic rings. The Kier molecular flexibility index (Phi) is 4.57. The molecule has 0 aliphatic carbocycles. The molecule has 21 heavy (non-hydrogen) atoms. The van der Waals surface area contributed by atoms with Crippen LogP contribution in [-0.2, 0) is 0 Å². The zero-order chi connectivity index (χ0) is 14.8. The van der Waals surface area contributed by atoms with E-state index in [1.54, 1.807) is 12.1 Å². The zero-order valence-corrected chi connectivity index (χ0v) is 12.8. The van der Waals surface area contributed by atoms with Crippen LogP contribution in [0.4, 0.5) is 4.39 Å². The molecule has 2 fully saturated rings. The monoisotopic (exact) mass is 291 g/mol. The molecule has 0 aromatic heterocycles. The molecular formula is C17H26FN3. The predicted octanol–water partition coefficient (Wildman–Crippen LogP) is 2.24. The Labute approximate surface area is 126 Å². The van der Waals surface area contributed by atoms with E-state index in [0.717, 1.165) is 37.2 Å². The van der Waals surface area contributed by atoms with Crippen molar-refractivity contribution in [1.29, 1.82) is 0 Å². The van der Waals surface area contributed by atoms with Gasteiger partial charge in [-0.1, -0.05) is 12.1 Å². The van der Waals surface area contributed by atoms with Crippen LogP contribution < -0.4 is 5.73 Å². The quantitative estimate of drug-likeness (QED) is 0.927. The topological polar surface area (TPSA) is 32.5 Å². The molecule has 3 nitrogen and oxygen atoms in total. The van der Waals surface area contributed by atoms with E-state index in [2.05, 4.69) is 16.8 Å². The first-order valence-corrected chi connectivity index (χ1v) is 8.07. The number of rotatable bonds is 3. The van der Waals surface area contributed by atoms with Gasteiger partial charge in [0.05, 0.1) is 0 Å². The molecule has 3 rings (SSSR count). The van der Waals surface area contributed by atoms with E-state index in [1.807, 2.05) is 6.07 Å². The average Bonchev–Trinajstić information content (AvgIpc) is 2.47. The number of piperidine rings is 2. The summed E-state index contributed by atoms with van der Waals surface area (Å²) >= 11 is 0. The third-order valence-electron chi connectivity index (χ3n) is 5.16. The summed E-state index contributed by atoms with van der Waals surface area (Å²) in [5.41, 5.74) is 7.17. The largest absolute Gasteiger partial charge is 0.323 e. The number of hydrogen-bond donors (Lipinski definition) is 1. The van der Waals surface area contributed by atoms with Gasteiger partial charge in [-0.05, 0) is 63.0 Å². The van der Waals surface area contributed by atoms with E-state index in [-0.39, 0.29) is 11.9 Å². The maximum Gasteiger partial charge on any atom is 0.123 e. The summed E-state index contributed by atoms with van der Waals surface area (Å²) < 4.78 is 13.3. The lowest BCUT2D eigenvalue weighted by Crippen LogP contribution is -2.53. The van der Waals surface area contributed by atoms with E-state index >= 15 is 0 Å². The molecule has 2 N–H and O–H groups in total. The van der Waals surface area contributed by atoms with Gasteiger partial charge in [0.15, 0.2) is 0 Å². The van der Waals surface area contributed by atoms with Crippen molar-refractivity contribution < 1.29 is 4.39 Å². The van der Waals surface area contributed by atoms with E-state index in [1.165, 1.54) is 31.9 Å². The predicted molar refractivity (Wildman–Crippen MR) is 83.5 cm³/mol. The Hall–Kier alpha value is -0.970. The van der Waals surface area contributed by atoms with Crippen LogP contribution >= 0.6 is 0 Å². The van der Waals surface area contributed by atoms with Gasteiger partial charge in [0.25, 0.3) is 0 Å². The summed E-state index contributed by atoms with van der Waals surface area (Å²) in [5, 5.41) is 0. The van der Waals surface area contributed by atoms with Crippen LogP contribution in [0.3, 0.4) is 0 Å². The Bertz CT molecular complexity index is 479. The van der Waals surface area contributed by atoms with Crippen LogP contribution in [0.5, 0.6) is 0 Å². The first kappa shape index (κ1) is 14.9. The Balaban J connectivity index is 1.59. The minimum absolute atomic E-state index is 0.0985. The average molecular weight is 291 g/mol. The van der Waals surface area contributed by atoms with Crippen LogP contribution in [0.1, 0.15) is 30.9 Å². The van der Waals surface area contributed by atoms with Gasteiger partial charge in [0, 0.05) is 25.2 Å². The second-order valence-electron chi connectivity index (χ2n) is 6.66. The molecule has 0 amide bonds. The molecule has 1 aromatic rings. The van der Waals surface area contributed by atoms with Crippen molar-refractivity contribution >= 4 is 0 Å². The van der Waals surface area contributed by atoms with Gasteiger partial charge in [-0.25, -0.2) is 4.39 Å². The first-order valence-electron chi connectivity index (χ1n) is 8.07. The van der Waals surface area contributed by atoms with E-state index < -0.39 is 0 Å². The van der Waals surface area contributed by atoms with Crippen molar-refractivity contribution in [3.05, 3.63) is 35.6 Å². The van der Waals surface area contributed by atoms with Crippen molar-refractivity contribution in [2.45, 2.75) is 31.3 Å². The number of nitrogens with zero attached hydrogens (tertiary/aromatic N) is 2. The van der Waals surface area contributed by atoms with Crippen LogP contribution in [0.2, 0.25) is 0 Å². The molecule has 0 spiro atoms. The third-order valence-corrected chi connectivity index (χ3v) is 5.16. The molecule has 116 valence electrons. The van der Waals surface area contributed by atoms with Crippen LogP contribution in [0.25, 0.3) is 0 Å². The smallest absolute Gasteiger partial charge is 0.123 e. The van der Waals surface area contributed by atoms with Gasteiger partial charge in [-0.15, -0.1) is 0 Å². The zero-order valence-electron chi connectivity index (χ0n) is 12.8. The van der Waals surface area contributed by atoms with Crippen molar-refractivity contribution in [2.75, 3.05) is 33.2 Å². The Morgan fingerprint density at radius 1 is 1.33 bits per heavy atom. The molecule has 0 saturated carbocycles. The maximum absolute atomic E-state index is 13.3. The maximum atomic E-state index is 13.3. The minimum atomic E-state index is -0.199. The Morgan fingerprint density at radius 2 is 2.19 bits per heavy atom.